The van der Waals surface area contributed by atoms with Crippen molar-refractivity contribution < 1.29 is 9.72 Å². The number of benzene rings is 3. The smallest absolute Gasteiger partial charge is 0.270 e. The van der Waals surface area contributed by atoms with Crippen LogP contribution in [0.5, 0.6) is 0 Å². The molecule has 0 unspecified atom stereocenters. The van der Waals surface area contributed by atoms with Crippen molar-refractivity contribution in [2.24, 2.45) is 0 Å². The first-order valence-corrected chi connectivity index (χ1v) is 11.6. The fourth-order valence-electron chi connectivity index (χ4n) is 4.29. The first-order valence-electron chi connectivity index (χ1n) is 11.3. The van der Waals surface area contributed by atoms with Crippen molar-refractivity contribution in [2.75, 3.05) is 31.1 Å². The molecule has 1 aliphatic heterocycles. The van der Waals surface area contributed by atoms with Crippen LogP contribution >= 0.6 is 11.6 Å². The summed E-state index contributed by atoms with van der Waals surface area (Å²) in [6.45, 7) is 2.13. The van der Waals surface area contributed by atoms with Crippen LogP contribution in [0.3, 0.4) is 0 Å². The Balaban J connectivity index is 1.38. The number of aromatic nitrogens is 2. The van der Waals surface area contributed by atoms with E-state index in [1.165, 1.54) is 18.2 Å². The van der Waals surface area contributed by atoms with Crippen LogP contribution in [-0.2, 0) is 6.42 Å². The molecule has 1 saturated heterocycles. The Morgan fingerprint density at radius 2 is 1.71 bits per heavy atom. The summed E-state index contributed by atoms with van der Waals surface area (Å²) in [5, 5.41) is 12.6. The van der Waals surface area contributed by atoms with Gasteiger partial charge in [-0.3, -0.25) is 14.9 Å². The number of amides is 1. The van der Waals surface area contributed by atoms with Crippen LogP contribution in [0.1, 0.15) is 21.7 Å². The van der Waals surface area contributed by atoms with Gasteiger partial charge >= 0.3 is 0 Å². The maximum absolute atomic E-state index is 13.0. The zero-order valence-electron chi connectivity index (χ0n) is 18.8. The van der Waals surface area contributed by atoms with Gasteiger partial charge in [0, 0.05) is 60.7 Å². The van der Waals surface area contributed by atoms with E-state index in [1.54, 1.807) is 11.0 Å². The normalized spacial score (nSPS) is 13.7. The molecular weight excluding hydrogens is 466 g/mol. The Kier molecular flexibility index (Phi) is 6.29. The van der Waals surface area contributed by atoms with E-state index in [9.17, 15) is 14.9 Å². The zero-order valence-corrected chi connectivity index (χ0v) is 19.6. The summed E-state index contributed by atoms with van der Waals surface area (Å²) in [4.78, 5) is 37.1. The molecule has 0 radical (unpaired) electrons. The molecular formula is C26H22ClN5O3. The maximum atomic E-state index is 13.0. The Morgan fingerprint density at radius 1 is 0.943 bits per heavy atom. The second-order valence-corrected chi connectivity index (χ2v) is 8.81. The highest BCUT2D eigenvalue weighted by atomic mass is 35.5. The van der Waals surface area contributed by atoms with Gasteiger partial charge in [0.1, 0.15) is 11.6 Å². The first-order chi connectivity index (χ1) is 17.0. The number of fused-ring (bicyclic) bond motifs is 1. The fourth-order valence-corrected chi connectivity index (χ4v) is 4.45. The molecule has 0 bridgehead atoms. The predicted molar refractivity (Wildman–Crippen MR) is 135 cm³/mol. The summed E-state index contributed by atoms with van der Waals surface area (Å²) in [6, 6.07) is 21.5. The summed E-state index contributed by atoms with van der Waals surface area (Å²) >= 11 is 6.25. The molecule has 8 nitrogen and oxygen atoms in total. The Hall–Kier alpha value is -4.04. The lowest BCUT2D eigenvalue weighted by atomic mass is 10.1. The molecule has 5 rings (SSSR count). The van der Waals surface area contributed by atoms with Crippen LogP contribution in [0.2, 0.25) is 5.02 Å². The molecule has 2 heterocycles. The summed E-state index contributed by atoms with van der Waals surface area (Å²) in [5.41, 5.74) is 2.13. The second-order valence-electron chi connectivity index (χ2n) is 8.37. The summed E-state index contributed by atoms with van der Waals surface area (Å²) in [6.07, 6.45) is 0.599. The van der Waals surface area contributed by atoms with Crippen molar-refractivity contribution in [3.8, 4) is 0 Å². The lowest BCUT2D eigenvalue weighted by molar-refractivity contribution is -0.384. The number of carbonyl (C=O) groups is 1. The Morgan fingerprint density at radius 3 is 2.46 bits per heavy atom. The molecule has 9 heteroatoms. The third kappa shape index (κ3) is 4.93. The Labute approximate surface area is 206 Å². The van der Waals surface area contributed by atoms with E-state index < -0.39 is 4.92 Å². The number of nitro benzene ring substituents is 1. The van der Waals surface area contributed by atoms with Gasteiger partial charge in [0.15, 0.2) is 0 Å². The molecule has 0 saturated carbocycles. The number of hydrogen-bond donors (Lipinski definition) is 0. The molecule has 1 fully saturated rings. The minimum Gasteiger partial charge on any atom is -0.352 e. The Bertz CT molecular complexity index is 1410. The summed E-state index contributed by atoms with van der Waals surface area (Å²) in [5.74, 6) is 1.31. The number of nitrogens with zero attached hydrogens (tertiary/aromatic N) is 5. The summed E-state index contributed by atoms with van der Waals surface area (Å²) in [7, 11) is 0. The average Bonchev–Trinajstić information content (AvgIpc) is 2.88. The maximum Gasteiger partial charge on any atom is 0.270 e. The largest absolute Gasteiger partial charge is 0.352 e. The van der Waals surface area contributed by atoms with Crippen LogP contribution in [0, 0.1) is 10.1 Å². The molecule has 1 aromatic heterocycles. The third-order valence-corrected chi connectivity index (χ3v) is 6.30. The average molecular weight is 488 g/mol. The molecule has 3 aromatic carbocycles. The van der Waals surface area contributed by atoms with Crippen molar-refractivity contribution >= 4 is 39.9 Å². The van der Waals surface area contributed by atoms with E-state index in [-0.39, 0.29) is 11.6 Å². The zero-order chi connectivity index (χ0) is 24.4. The number of non-ortho nitro benzene ring substituents is 1. The van der Waals surface area contributed by atoms with E-state index in [2.05, 4.69) is 4.90 Å². The van der Waals surface area contributed by atoms with E-state index in [0.29, 0.717) is 49.0 Å². The van der Waals surface area contributed by atoms with E-state index in [0.717, 1.165) is 22.3 Å². The molecule has 176 valence electrons. The number of hydrogen-bond acceptors (Lipinski definition) is 6. The van der Waals surface area contributed by atoms with Crippen LogP contribution in [0.4, 0.5) is 11.5 Å². The van der Waals surface area contributed by atoms with Crippen molar-refractivity contribution in [3.63, 3.8) is 0 Å². The van der Waals surface area contributed by atoms with Gasteiger partial charge in [-0.2, -0.15) is 0 Å². The molecule has 0 N–H and O–H groups in total. The number of halogens is 1. The third-order valence-electron chi connectivity index (χ3n) is 6.06. The van der Waals surface area contributed by atoms with E-state index in [1.807, 2.05) is 48.5 Å². The van der Waals surface area contributed by atoms with Crippen LogP contribution < -0.4 is 4.90 Å². The van der Waals surface area contributed by atoms with Crippen molar-refractivity contribution in [1.29, 1.82) is 0 Å². The van der Waals surface area contributed by atoms with Crippen LogP contribution in [0.15, 0.2) is 72.8 Å². The van der Waals surface area contributed by atoms with Crippen molar-refractivity contribution in [1.82, 2.24) is 14.9 Å². The molecule has 1 amide bonds. The molecule has 0 atom stereocenters. The van der Waals surface area contributed by atoms with Crippen LogP contribution in [0.25, 0.3) is 10.9 Å². The molecule has 0 aliphatic carbocycles. The molecule has 35 heavy (non-hydrogen) atoms. The van der Waals surface area contributed by atoms with Crippen LogP contribution in [-0.4, -0.2) is 51.9 Å². The monoisotopic (exact) mass is 487 g/mol. The van der Waals surface area contributed by atoms with Gasteiger partial charge in [-0.25, -0.2) is 9.97 Å². The fraction of sp³-hybridized carbons (Fsp3) is 0.192. The standard InChI is InChI=1S/C26H22ClN5O3/c27-20-9-10-22-23(17-20)28-24(15-18-5-2-1-3-6-18)29-25(22)30-11-13-31(14-12-30)26(33)19-7-4-8-21(16-19)32(34)35/h1-10,16-17H,11-15H2. The number of carbonyl (C=O) groups excluding carboxylic acids is 1. The van der Waals surface area contributed by atoms with Gasteiger partial charge in [-0.1, -0.05) is 48.0 Å². The van der Waals surface area contributed by atoms with Gasteiger partial charge in [0.25, 0.3) is 11.6 Å². The van der Waals surface area contributed by atoms with Crippen molar-refractivity contribution in [3.05, 3.63) is 105 Å². The highest BCUT2D eigenvalue weighted by Crippen LogP contribution is 2.28. The minimum absolute atomic E-state index is 0.0912. The number of anilines is 1. The van der Waals surface area contributed by atoms with E-state index in [4.69, 9.17) is 21.6 Å². The van der Waals surface area contributed by atoms with Gasteiger partial charge in [-0.05, 0) is 29.8 Å². The predicted octanol–water partition coefficient (Wildman–Crippen LogP) is 4.74. The van der Waals surface area contributed by atoms with Gasteiger partial charge in [0.05, 0.1) is 10.4 Å². The number of nitro groups is 1. The van der Waals surface area contributed by atoms with Gasteiger partial charge in [0.2, 0.25) is 0 Å². The quantitative estimate of drug-likeness (QED) is 0.298. The molecule has 4 aromatic rings. The molecule has 0 spiro atoms. The van der Waals surface area contributed by atoms with Gasteiger partial charge < -0.3 is 9.80 Å². The lowest BCUT2D eigenvalue weighted by Gasteiger charge is -2.36. The second kappa shape index (κ2) is 9.68. The minimum atomic E-state index is -0.492. The van der Waals surface area contributed by atoms with Gasteiger partial charge in [-0.15, -0.1) is 0 Å². The lowest BCUT2D eigenvalue weighted by Crippen LogP contribution is -2.49. The highest BCUT2D eigenvalue weighted by molar-refractivity contribution is 6.31. The SMILES string of the molecule is O=C(c1cccc([N+](=O)[O-])c1)N1CCN(c2nc(Cc3ccccc3)nc3cc(Cl)ccc23)CC1. The summed E-state index contributed by atoms with van der Waals surface area (Å²) < 4.78 is 0. The number of piperazine rings is 1. The first kappa shape index (κ1) is 22.7. The number of rotatable bonds is 5. The van der Waals surface area contributed by atoms with E-state index >= 15 is 0 Å². The molecule has 1 aliphatic rings. The highest BCUT2D eigenvalue weighted by Gasteiger charge is 2.25. The van der Waals surface area contributed by atoms with Crippen molar-refractivity contribution in [2.45, 2.75) is 6.42 Å². The topological polar surface area (TPSA) is 92.5 Å².